The number of Topliss-reactive ketones (excluding diaryl/α,β-unsaturated/α-hetero) is 1. The predicted molar refractivity (Wildman–Crippen MR) is 72.2 cm³/mol. The van der Waals surface area contributed by atoms with Gasteiger partial charge in [-0.15, -0.1) is 0 Å². The topological polar surface area (TPSA) is 35.5 Å². The molecule has 3 heteroatoms. The van der Waals surface area contributed by atoms with Gasteiger partial charge in [0.2, 0.25) is 0 Å². The van der Waals surface area contributed by atoms with Gasteiger partial charge in [0.05, 0.1) is 13.2 Å². The van der Waals surface area contributed by atoms with Crippen LogP contribution in [0.15, 0.2) is 18.2 Å². The van der Waals surface area contributed by atoms with Crippen molar-refractivity contribution in [3.8, 4) is 0 Å². The number of carbonyl (C=O) groups excluding carboxylic acids is 1. The van der Waals surface area contributed by atoms with Crippen molar-refractivity contribution >= 4 is 5.78 Å². The van der Waals surface area contributed by atoms with Gasteiger partial charge in [0.1, 0.15) is 6.61 Å². The molecule has 0 atom stereocenters. The highest BCUT2D eigenvalue weighted by Gasteiger charge is 2.08. The van der Waals surface area contributed by atoms with Crippen molar-refractivity contribution in [2.45, 2.75) is 27.2 Å². The first-order valence-corrected chi connectivity index (χ1v) is 6.41. The van der Waals surface area contributed by atoms with Crippen LogP contribution in [-0.4, -0.2) is 32.2 Å². The number of hydrogen-bond acceptors (Lipinski definition) is 3. The second-order valence-electron chi connectivity index (χ2n) is 4.41. The monoisotopic (exact) mass is 250 g/mol. The van der Waals surface area contributed by atoms with Crippen LogP contribution in [0.4, 0.5) is 0 Å². The van der Waals surface area contributed by atoms with Gasteiger partial charge in [0.15, 0.2) is 5.78 Å². The van der Waals surface area contributed by atoms with Crippen molar-refractivity contribution in [2.75, 3.05) is 26.4 Å². The molecule has 0 aromatic heterocycles. The molecule has 0 N–H and O–H groups in total. The molecule has 1 aromatic carbocycles. The number of ether oxygens (including phenoxy) is 2. The molecule has 1 aromatic rings. The number of benzene rings is 1. The molecule has 0 aliphatic rings. The lowest BCUT2D eigenvalue weighted by Crippen LogP contribution is -2.13. The molecule has 100 valence electrons. The second kappa shape index (κ2) is 8.01. The smallest absolute Gasteiger partial charge is 0.188 e. The van der Waals surface area contributed by atoms with E-state index in [0.717, 1.165) is 29.7 Å². The molecule has 0 heterocycles. The van der Waals surface area contributed by atoms with Gasteiger partial charge in [0, 0.05) is 12.2 Å². The second-order valence-corrected chi connectivity index (χ2v) is 4.41. The third-order valence-corrected chi connectivity index (χ3v) is 2.64. The van der Waals surface area contributed by atoms with Gasteiger partial charge in [-0.25, -0.2) is 0 Å². The average Bonchev–Trinajstić information content (AvgIpc) is 2.33. The Morgan fingerprint density at radius 2 is 1.83 bits per heavy atom. The molecule has 0 bridgehead atoms. The van der Waals surface area contributed by atoms with Crippen molar-refractivity contribution in [1.29, 1.82) is 0 Å². The van der Waals surface area contributed by atoms with Crippen LogP contribution in [0.25, 0.3) is 0 Å². The summed E-state index contributed by atoms with van der Waals surface area (Å²) in [4.78, 5) is 11.9. The Balaban J connectivity index is 2.32. The van der Waals surface area contributed by atoms with Crippen LogP contribution in [0.3, 0.4) is 0 Å². The van der Waals surface area contributed by atoms with E-state index in [0.29, 0.717) is 13.2 Å². The van der Waals surface area contributed by atoms with Crippen molar-refractivity contribution in [1.82, 2.24) is 0 Å². The first-order valence-electron chi connectivity index (χ1n) is 6.41. The molecule has 0 radical (unpaired) electrons. The van der Waals surface area contributed by atoms with Gasteiger partial charge in [-0.2, -0.15) is 0 Å². The Morgan fingerprint density at radius 1 is 1.11 bits per heavy atom. The summed E-state index contributed by atoms with van der Waals surface area (Å²) in [7, 11) is 0. The molecule has 1 rings (SSSR count). The summed E-state index contributed by atoms with van der Waals surface area (Å²) in [6.07, 6.45) is 1.00. The molecule has 0 aliphatic carbocycles. The molecule has 0 saturated carbocycles. The standard InChI is InChI=1S/C15H22O3/c1-4-7-17-8-9-18-11-15(16)14-6-5-12(2)10-13(14)3/h5-6,10H,4,7-9,11H2,1-3H3. The van der Waals surface area contributed by atoms with Gasteiger partial charge in [-0.1, -0.05) is 30.7 Å². The van der Waals surface area contributed by atoms with E-state index in [1.54, 1.807) is 0 Å². The zero-order valence-electron chi connectivity index (χ0n) is 11.5. The van der Waals surface area contributed by atoms with Gasteiger partial charge >= 0.3 is 0 Å². The van der Waals surface area contributed by atoms with E-state index in [1.165, 1.54) is 0 Å². The quantitative estimate of drug-likeness (QED) is 0.525. The van der Waals surface area contributed by atoms with Crippen LogP contribution in [0, 0.1) is 13.8 Å². The number of aryl methyl sites for hydroxylation is 2. The highest BCUT2D eigenvalue weighted by atomic mass is 16.5. The van der Waals surface area contributed by atoms with Gasteiger partial charge in [-0.05, 0) is 25.8 Å². The third kappa shape index (κ3) is 4.98. The molecule has 0 amide bonds. The Kier molecular flexibility index (Phi) is 6.61. The minimum Gasteiger partial charge on any atom is -0.379 e. The molecule has 0 fully saturated rings. The molecule has 0 spiro atoms. The number of ketones is 1. The Bertz CT molecular complexity index is 385. The highest BCUT2D eigenvalue weighted by Crippen LogP contribution is 2.11. The Hall–Kier alpha value is -1.19. The largest absolute Gasteiger partial charge is 0.379 e. The lowest BCUT2D eigenvalue weighted by molar-refractivity contribution is 0.0441. The predicted octanol–water partition coefficient (Wildman–Crippen LogP) is 2.93. The maximum atomic E-state index is 11.9. The molecule has 0 aliphatic heterocycles. The number of carbonyl (C=O) groups is 1. The number of hydrogen-bond donors (Lipinski definition) is 0. The maximum absolute atomic E-state index is 11.9. The van der Waals surface area contributed by atoms with Crippen molar-refractivity contribution in [3.05, 3.63) is 34.9 Å². The molecule has 0 saturated heterocycles. The molecular weight excluding hydrogens is 228 g/mol. The molecular formula is C15H22O3. The van der Waals surface area contributed by atoms with Gasteiger partial charge in [-0.3, -0.25) is 4.79 Å². The number of rotatable bonds is 8. The highest BCUT2D eigenvalue weighted by molar-refractivity contribution is 5.98. The fourth-order valence-corrected chi connectivity index (χ4v) is 1.73. The van der Waals surface area contributed by atoms with Gasteiger partial charge < -0.3 is 9.47 Å². The van der Waals surface area contributed by atoms with E-state index in [1.807, 2.05) is 32.0 Å². The average molecular weight is 250 g/mol. The summed E-state index contributed by atoms with van der Waals surface area (Å²) >= 11 is 0. The van der Waals surface area contributed by atoms with E-state index in [4.69, 9.17) is 9.47 Å². The van der Waals surface area contributed by atoms with E-state index >= 15 is 0 Å². The maximum Gasteiger partial charge on any atom is 0.188 e. The van der Waals surface area contributed by atoms with Gasteiger partial charge in [0.25, 0.3) is 0 Å². The fourth-order valence-electron chi connectivity index (χ4n) is 1.73. The molecule has 18 heavy (non-hydrogen) atoms. The van der Waals surface area contributed by atoms with Crippen LogP contribution in [0.2, 0.25) is 0 Å². The molecule has 3 nitrogen and oxygen atoms in total. The summed E-state index contributed by atoms with van der Waals surface area (Å²) in [5, 5.41) is 0. The SMILES string of the molecule is CCCOCCOCC(=O)c1ccc(C)cc1C. The van der Waals surface area contributed by atoms with E-state index in [2.05, 4.69) is 6.92 Å². The zero-order chi connectivity index (χ0) is 13.4. The van der Waals surface area contributed by atoms with Crippen LogP contribution in [-0.2, 0) is 9.47 Å². The first-order chi connectivity index (χ1) is 8.65. The normalized spacial score (nSPS) is 10.6. The van der Waals surface area contributed by atoms with E-state index in [9.17, 15) is 4.79 Å². The van der Waals surface area contributed by atoms with E-state index in [-0.39, 0.29) is 12.4 Å². The lowest BCUT2D eigenvalue weighted by atomic mass is 10.0. The third-order valence-electron chi connectivity index (χ3n) is 2.64. The molecule has 0 unspecified atom stereocenters. The summed E-state index contributed by atoms with van der Waals surface area (Å²) in [6, 6.07) is 5.83. The van der Waals surface area contributed by atoms with Crippen LogP contribution in [0.1, 0.15) is 34.8 Å². The first kappa shape index (κ1) is 14.9. The summed E-state index contributed by atoms with van der Waals surface area (Å²) in [6.45, 7) is 7.91. The Labute approximate surface area is 109 Å². The minimum atomic E-state index is 0.0305. The van der Waals surface area contributed by atoms with Crippen molar-refractivity contribution in [3.63, 3.8) is 0 Å². The summed E-state index contributed by atoms with van der Waals surface area (Å²) in [5.74, 6) is 0.0305. The lowest BCUT2D eigenvalue weighted by Gasteiger charge is -2.07. The zero-order valence-corrected chi connectivity index (χ0v) is 11.5. The minimum absolute atomic E-state index is 0.0305. The Morgan fingerprint density at radius 3 is 2.50 bits per heavy atom. The van der Waals surface area contributed by atoms with Crippen LogP contribution in [0.5, 0.6) is 0 Å². The van der Waals surface area contributed by atoms with Crippen LogP contribution >= 0.6 is 0 Å². The van der Waals surface area contributed by atoms with Crippen LogP contribution < -0.4 is 0 Å². The van der Waals surface area contributed by atoms with Crippen molar-refractivity contribution in [2.24, 2.45) is 0 Å². The van der Waals surface area contributed by atoms with E-state index < -0.39 is 0 Å². The fraction of sp³-hybridized carbons (Fsp3) is 0.533. The van der Waals surface area contributed by atoms with Crippen molar-refractivity contribution < 1.29 is 14.3 Å². The summed E-state index contributed by atoms with van der Waals surface area (Å²) < 4.78 is 10.6. The summed E-state index contributed by atoms with van der Waals surface area (Å²) in [5.41, 5.74) is 2.92.